The molecule has 0 unspecified atom stereocenters. The van der Waals surface area contributed by atoms with E-state index >= 15 is 0 Å². The van der Waals surface area contributed by atoms with Gasteiger partial charge in [0.25, 0.3) is 0 Å². The fourth-order valence-corrected chi connectivity index (χ4v) is 2.82. The quantitative estimate of drug-likeness (QED) is 0.781. The normalized spacial score (nSPS) is 10.8. The van der Waals surface area contributed by atoms with Crippen molar-refractivity contribution in [3.8, 4) is 5.69 Å². The van der Waals surface area contributed by atoms with Crippen molar-refractivity contribution in [3.05, 3.63) is 58.0 Å². The van der Waals surface area contributed by atoms with E-state index in [1.807, 2.05) is 30.3 Å². The Balaban J connectivity index is 1.67. The van der Waals surface area contributed by atoms with Crippen LogP contribution in [0.4, 0.5) is 0 Å². The predicted octanol–water partition coefficient (Wildman–Crippen LogP) is 2.32. The van der Waals surface area contributed by atoms with Crippen LogP contribution in [0.5, 0.6) is 0 Å². The van der Waals surface area contributed by atoms with Gasteiger partial charge < -0.3 is 5.32 Å². The van der Waals surface area contributed by atoms with Crippen molar-refractivity contribution < 1.29 is 0 Å². The van der Waals surface area contributed by atoms with Crippen molar-refractivity contribution >= 4 is 11.3 Å². The molecule has 0 amide bonds. The lowest BCUT2D eigenvalue weighted by Gasteiger charge is -2.06. The molecule has 0 saturated carbocycles. The number of nitrogens with one attached hydrogen (secondary N) is 1. The zero-order chi connectivity index (χ0) is 13.8. The third-order valence-corrected chi connectivity index (χ3v) is 4.01. The highest BCUT2D eigenvalue weighted by molar-refractivity contribution is 7.08. The first-order valence-corrected chi connectivity index (χ1v) is 7.34. The first-order valence-electron chi connectivity index (χ1n) is 6.39. The minimum Gasteiger partial charge on any atom is -0.306 e. The van der Waals surface area contributed by atoms with Crippen LogP contribution in [0.15, 0.2) is 41.1 Å². The van der Waals surface area contributed by atoms with Gasteiger partial charge in [-0.25, -0.2) is 0 Å². The molecular weight excluding hydrogens is 270 g/mol. The van der Waals surface area contributed by atoms with E-state index in [1.165, 1.54) is 11.1 Å². The van der Waals surface area contributed by atoms with E-state index in [1.54, 1.807) is 16.0 Å². The average Bonchev–Trinajstić information content (AvgIpc) is 3.10. The van der Waals surface area contributed by atoms with Gasteiger partial charge in [-0.05, 0) is 51.4 Å². The van der Waals surface area contributed by atoms with Gasteiger partial charge in [0.1, 0.15) is 0 Å². The van der Waals surface area contributed by atoms with E-state index in [2.05, 4.69) is 38.5 Å². The Morgan fingerprint density at radius 1 is 1.15 bits per heavy atom. The standard InChI is InChI=1S/C14H15N5S/c1-11-9-20-10-12(11)7-15-8-14-16-17-18-19(14)13-5-3-2-4-6-13/h2-6,9-10,15H,7-8H2,1H3. The average molecular weight is 285 g/mol. The van der Waals surface area contributed by atoms with Gasteiger partial charge in [0.05, 0.1) is 12.2 Å². The molecule has 3 aromatic rings. The molecule has 0 saturated heterocycles. The molecule has 20 heavy (non-hydrogen) atoms. The molecule has 0 aliphatic carbocycles. The number of tetrazole rings is 1. The molecule has 0 bridgehead atoms. The molecule has 3 rings (SSSR count). The van der Waals surface area contributed by atoms with Gasteiger partial charge in [-0.1, -0.05) is 18.2 Å². The highest BCUT2D eigenvalue weighted by atomic mass is 32.1. The zero-order valence-electron chi connectivity index (χ0n) is 11.2. The van der Waals surface area contributed by atoms with Crippen LogP contribution in [0.2, 0.25) is 0 Å². The van der Waals surface area contributed by atoms with Crippen LogP contribution in [0, 0.1) is 6.92 Å². The summed E-state index contributed by atoms with van der Waals surface area (Å²) in [4.78, 5) is 0. The van der Waals surface area contributed by atoms with Crippen LogP contribution >= 0.6 is 11.3 Å². The molecule has 0 aliphatic rings. The van der Waals surface area contributed by atoms with Gasteiger partial charge in [-0.3, -0.25) is 0 Å². The van der Waals surface area contributed by atoms with Crippen molar-refractivity contribution in [2.75, 3.05) is 0 Å². The number of aryl methyl sites for hydroxylation is 1. The monoisotopic (exact) mass is 285 g/mol. The molecule has 2 aromatic heterocycles. The molecule has 1 N–H and O–H groups in total. The van der Waals surface area contributed by atoms with Crippen molar-refractivity contribution in [2.24, 2.45) is 0 Å². The number of hydrogen-bond acceptors (Lipinski definition) is 5. The van der Waals surface area contributed by atoms with E-state index in [0.29, 0.717) is 6.54 Å². The van der Waals surface area contributed by atoms with Gasteiger partial charge in [0.2, 0.25) is 0 Å². The summed E-state index contributed by atoms with van der Waals surface area (Å²) >= 11 is 1.73. The lowest BCUT2D eigenvalue weighted by Crippen LogP contribution is -2.16. The van der Waals surface area contributed by atoms with Crippen molar-refractivity contribution in [2.45, 2.75) is 20.0 Å². The van der Waals surface area contributed by atoms with Gasteiger partial charge in [-0.2, -0.15) is 16.0 Å². The minimum atomic E-state index is 0.636. The highest BCUT2D eigenvalue weighted by Crippen LogP contribution is 2.13. The second kappa shape index (κ2) is 5.94. The van der Waals surface area contributed by atoms with E-state index in [4.69, 9.17) is 0 Å². The maximum absolute atomic E-state index is 4.08. The summed E-state index contributed by atoms with van der Waals surface area (Å²) in [5.41, 5.74) is 3.62. The topological polar surface area (TPSA) is 55.6 Å². The highest BCUT2D eigenvalue weighted by Gasteiger charge is 2.07. The van der Waals surface area contributed by atoms with Gasteiger partial charge in [0.15, 0.2) is 5.82 Å². The summed E-state index contributed by atoms with van der Waals surface area (Å²) in [5.74, 6) is 0.809. The molecule has 2 heterocycles. The van der Waals surface area contributed by atoms with Crippen LogP contribution in [0.25, 0.3) is 5.69 Å². The third-order valence-electron chi connectivity index (χ3n) is 3.10. The number of aromatic nitrogens is 4. The van der Waals surface area contributed by atoms with Crippen molar-refractivity contribution in [3.63, 3.8) is 0 Å². The molecule has 0 spiro atoms. The van der Waals surface area contributed by atoms with E-state index in [0.717, 1.165) is 18.1 Å². The molecule has 1 aromatic carbocycles. The Labute approximate surface area is 121 Å². The Morgan fingerprint density at radius 2 is 2.00 bits per heavy atom. The first-order chi connectivity index (χ1) is 9.84. The molecule has 102 valence electrons. The van der Waals surface area contributed by atoms with Crippen LogP contribution in [-0.2, 0) is 13.1 Å². The predicted molar refractivity (Wildman–Crippen MR) is 78.8 cm³/mol. The summed E-state index contributed by atoms with van der Waals surface area (Å²) < 4.78 is 1.76. The number of benzene rings is 1. The Morgan fingerprint density at radius 3 is 2.75 bits per heavy atom. The zero-order valence-corrected chi connectivity index (χ0v) is 12.0. The SMILES string of the molecule is Cc1cscc1CNCc1nnnn1-c1ccccc1. The number of hydrogen-bond donors (Lipinski definition) is 1. The van der Waals surface area contributed by atoms with E-state index in [9.17, 15) is 0 Å². The molecule has 6 heteroatoms. The number of nitrogens with zero attached hydrogens (tertiary/aromatic N) is 4. The fraction of sp³-hybridized carbons (Fsp3) is 0.214. The van der Waals surface area contributed by atoms with E-state index in [-0.39, 0.29) is 0 Å². The molecule has 0 aliphatic heterocycles. The van der Waals surface area contributed by atoms with Crippen LogP contribution in [-0.4, -0.2) is 20.2 Å². The fourth-order valence-electron chi connectivity index (χ4n) is 1.96. The smallest absolute Gasteiger partial charge is 0.170 e. The number of rotatable bonds is 5. The van der Waals surface area contributed by atoms with Crippen LogP contribution in [0.3, 0.4) is 0 Å². The number of para-hydroxylation sites is 1. The summed E-state index contributed by atoms with van der Waals surface area (Å²) in [7, 11) is 0. The van der Waals surface area contributed by atoms with Gasteiger partial charge in [-0.15, -0.1) is 5.10 Å². The summed E-state index contributed by atoms with van der Waals surface area (Å²) in [6.45, 7) is 3.59. The van der Waals surface area contributed by atoms with Crippen LogP contribution in [0.1, 0.15) is 17.0 Å². The number of thiophene rings is 1. The molecule has 0 radical (unpaired) electrons. The maximum Gasteiger partial charge on any atom is 0.170 e. The van der Waals surface area contributed by atoms with Crippen molar-refractivity contribution in [1.82, 2.24) is 25.5 Å². The van der Waals surface area contributed by atoms with Gasteiger partial charge in [0, 0.05) is 6.54 Å². The minimum absolute atomic E-state index is 0.636. The van der Waals surface area contributed by atoms with Crippen LogP contribution < -0.4 is 5.32 Å². The van der Waals surface area contributed by atoms with Crippen molar-refractivity contribution in [1.29, 1.82) is 0 Å². The lowest BCUT2D eigenvalue weighted by molar-refractivity contribution is 0.641. The molecule has 5 nitrogen and oxygen atoms in total. The Kier molecular flexibility index (Phi) is 3.85. The first kappa shape index (κ1) is 13.0. The maximum atomic E-state index is 4.08. The Hall–Kier alpha value is -2.05. The second-order valence-electron chi connectivity index (χ2n) is 4.53. The Bertz CT molecular complexity index is 674. The largest absolute Gasteiger partial charge is 0.306 e. The summed E-state index contributed by atoms with van der Waals surface area (Å²) in [5, 5.41) is 19.6. The third kappa shape index (κ3) is 2.76. The van der Waals surface area contributed by atoms with Gasteiger partial charge >= 0.3 is 0 Å². The molecule has 0 atom stereocenters. The summed E-state index contributed by atoms with van der Waals surface area (Å²) in [6, 6.07) is 9.91. The second-order valence-corrected chi connectivity index (χ2v) is 5.27. The lowest BCUT2D eigenvalue weighted by atomic mass is 10.2. The molecular formula is C14H15N5S. The van der Waals surface area contributed by atoms with E-state index < -0.39 is 0 Å². The summed E-state index contributed by atoms with van der Waals surface area (Å²) in [6.07, 6.45) is 0. The molecule has 0 fully saturated rings.